The molecule has 0 unspecified atom stereocenters. The topological polar surface area (TPSA) is 79.5 Å². The van der Waals surface area contributed by atoms with Crippen LogP contribution >= 0.6 is 15.9 Å². The van der Waals surface area contributed by atoms with Crippen molar-refractivity contribution in [3.8, 4) is 0 Å². The predicted molar refractivity (Wildman–Crippen MR) is 76.4 cm³/mol. The van der Waals surface area contributed by atoms with Gasteiger partial charge in [0.25, 0.3) is 5.91 Å². The van der Waals surface area contributed by atoms with Gasteiger partial charge in [0.2, 0.25) is 0 Å². The summed E-state index contributed by atoms with van der Waals surface area (Å²) in [7, 11) is 0. The number of furan rings is 1. The Balaban J connectivity index is 1.99. The number of hydrogen-bond donors (Lipinski definition) is 2. The summed E-state index contributed by atoms with van der Waals surface area (Å²) in [5.41, 5.74) is -0.841. The van der Waals surface area contributed by atoms with Crippen molar-refractivity contribution in [1.29, 1.82) is 0 Å². The number of hydrogen-bond acceptors (Lipinski definition) is 3. The van der Waals surface area contributed by atoms with E-state index in [-0.39, 0.29) is 18.2 Å². The van der Waals surface area contributed by atoms with Crippen LogP contribution in [0.3, 0.4) is 0 Å². The van der Waals surface area contributed by atoms with Crippen LogP contribution < -0.4 is 5.32 Å². The van der Waals surface area contributed by atoms with E-state index in [2.05, 4.69) is 28.2 Å². The molecule has 0 radical (unpaired) electrons. The number of carboxylic acid groups (broad SMARTS) is 1. The third-order valence-corrected chi connectivity index (χ3v) is 4.50. The third kappa shape index (κ3) is 3.23. The highest BCUT2D eigenvalue weighted by molar-refractivity contribution is 9.10. The van der Waals surface area contributed by atoms with E-state index in [0.29, 0.717) is 23.4 Å². The lowest BCUT2D eigenvalue weighted by atomic mass is 9.71. The molecule has 1 aliphatic rings. The lowest BCUT2D eigenvalue weighted by Gasteiger charge is -2.35. The number of rotatable bonds is 4. The van der Waals surface area contributed by atoms with E-state index >= 15 is 0 Å². The monoisotopic (exact) mass is 343 g/mol. The normalized spacial score (nSPS) is 26.2. The second-order valence-corrected chi connectivity index (χ2v) is 6.34. The molecule has 1 aromatic rings. The second-order valence-electron chi connectivity index (χ2n) is 5.55. The fraction of sp³-hybridized carbons (Fsp3) is 0.571. The van der Waals surface area contributed by atoms with Gasteiger partial charge in [-0.3, -0.25) is 9.59 Å². The summed E-state index contributed by atoms with van der Waals surface area (Å²) in [6.07, 6.45) is 2.97. The molecule has 0 atom stereocenters. The number of halogens is 1. The first-order chi connectivity index (χ1) is 9.43. The number of aliphatic carboxylic acids is 1. The van der Waals surface area contributed by atoms with Crippen molar-refractivity contribution >= 4 is 27.8 Å². The molecule has 1 fully saturated rings. The maximum atomic E-state index is 11.9. The Bertz CT molecular complexity index is 503. The van der Waals surface area contributed by atoms with Crippen LogP contribution in [0.2, 0.25) is 0 Å². The molecule has 1 aromatic heterocycles. The fourth-order valence-electron chi connectivity index (χ4n) is 2.55. The van der Waals surface area contributed by atoms with Crippen molar-refractivity contribution in [1.82, 2.24) is 5.32 Å². The molecule has 2 rings (SSSR count). The van der Waals surface area contributed by atoms with Gasteiger partial charge in [0.05, 0.1) is 5.41 Å². The van der Waals surface area contributed by atoms with Crippen LogP contribution in [0.1, 0.15) is 43.2 Å². The van der Waals surface area contributed by atoms with Crippen LogP contribution in [0, 0.1) is 11.3 Å². The van der Waals surface area contributed by atoms with Crippen LogP contribution in [0.15, 0.2) is 21.2 Å². The minimum Gasteiger partial charge on any atom is -0.481 e. The Hall–Kier alpha value is -1.30. The highest BCUT2D eigenvalue weighted by atomic mass is 79.9. The molecule has 0 spiro atoms. The van der Waals surface area contributed by atoms with Crippen molar-refractivity contribution in [3.05, 3.63) is 22.6 Å². The average Bonchev–Trinajstić information content (AvgIpc) is 2.84. The molecule has 1 aliphatic carbocycles. The quantitative estimate of drug-likeness (QED) is 0.880. The van der Waals surface area contributed by atoms with Gasteiger partial charge >= 0.3 is 5.97 Å². The minimum absolute atomic E-state index is 0.145. The zero-order valence-corrected chi connectivity index (χ0v) is 12.9. The van der Waals surface area contributed by atoms with Crippen LogP contribution in [0.5, 0.6) is 0 Å². The Labute approximate surface area is 125 Å². The molecule has 1 amide bonds. The Morgan fingerprint density at radius 3 is 2.60 bits per heavy atom. The number of carboxylic acids is 1. The van der Waals surface area contributed by atoms with Gasteiger partial charge in [-0.1, -0.05) is 6.92 Å². The average molecular weight is 344 g/mol. The van der Waals surface area contributed by atoms with Gasteiger partial charge in [-0.2, -0.15) is 0 Å². The Morgan fingerprint density at radius 2 is 2.10 bits per heavy atom. The highest BCUT2D eigenvalue weighted by Crippen LogP contribution is 2.38. The summed E-state index contributed by atoms with van der Waals surface area (Å²) in [6.45, 7) is 2.27. The lowest BCUT2D eigenvalue weighted by Crippen LogP contribution is -2.45. The van der Waals surface area contributed by atoms with Gasteiger partial charge in [0.15, 0.2) is 10.4 Å². The largest absolute Gasteiger partial charge is 0.481 e. The molecule has 0 bridgehead atoms. The molecule has 1 heterocycles. The van der Waals surface area contributed by atoms with Crippen molar-refractivity contribution < 1.29 is 19.1 Å². The summed E-state index contributed by atoms with van der Waals surface area (Å²) in [5.74, 6) is -0.471. The minimum atomic E-state index is -0.841. The molecular formula is C14H18BrNO4. The first kappa shape index (κ1) is 15.1. The zero-order valence-electron chi connectivity index (χ0n) is 11.3. The SMILES string of the molecule is CC1CCC(CNC(=O)c2ccc(Br)o2)(C(=O)O)CC1. The van der Waals surface area contributed by atoms with Crippen molar-refractivity contribution in [2.24, 2.45) is 11.3 Å². The molecule has 6 heteroatoms. The molecule has 0 aromatic carbocycles. The van der Waals surface area contributed by atoms with Gasteiger partial charge < -0.3 is 14.8 Å². The van der Waals surface area contributed by atoms with E-state index in [0.717, 1.165) is 12.8 Å². The van der Waals surface area contributed by atoms with E-state index in [1.807, 2.05) is 0 Å². The van der Waals surface area contributed by atoms with Gasteiger partial charge in [0, 0.05) is 6.54 Å². The standard InChI is InChI=1S/C14H18BrNO4/c1-9-4-6-14(7-5-9,13(18)19)8-16-12(17)10-2-3-11(15)20-10/h2-3,9H,4-8H2,1H3,(H,16,17)(H,18,19). The summed E-state index contributed by atoms with van der Waals surface area (Å²) < 4.78 is 5.63. The molecule has 5 nitrogen and oxygen atoms in total. The van der Waals surface area contributed by atoms with Crippen LogP contribution in [-0.2, 0) is 4.79 Å². The summed E-state index contributed by atoms with van der Waals surface area (Å²) in [5, 5.41) is 12.2. The van der Waals surface area contributed by atoms with Crippen molar-refractivity contribution in [2.75, 3.05) is 6.54 Å². The summed E-state index contributed by atoms with van der Waals surface area (Å²) in [4.78, 5) is 23.5. The maximum Gasteiger partial charge on any atom is 0.311 e. The summed E-state index contributed by atoms with van der Waals surface area (Å²) in [6, 6.07) is 3.18. The smallest absolute Gasteiger partial charge is 0.311 e. The predicted octanol–water partition coefficient (Wildman–Crippen LogP) is 3.05. The van der Waals surface area contributed by atoms with Gasteiger partial charge in [-0.15, -0.1) is 0 Å². The van der Waals surface area contributed by atoms with E-state index < -0.39 is 11.4 Å². The van der Waals surface area contributed by atoms with Crippen LogP contribution in [0.4, 0.5) is 0 Å². The van der Waals surface area contributed by atoms with E-state index in [4.69, 9.17) is 4.42 Å². The first-order valence-corrected chi connectivity index (χ1v) is 7.49. The Morgan fingerprint density at radius 1 is 1.45 bits per heavy atom. The van der Waals surface area contributed by atoms with E-state index in [1.54, 1.807) is 12.1 Å². The highest BCUT2D eigenvalue weighted by Gasteiger charge is 2.41. The molecular weight excluding hydrogens is 326 g/mol. The molecule has 20 heavy (non-hydrogen) atoms. The van der Waals surface area contributed by atoms with Gasteiger partial charge in [0.1, 0.15) is 0 Å². The first-order valence-electron chi connectivity index (χ1n) is 6.70. The third-order valence-electron chi connectivity index (χ3n) is 4.07. The molecule has 1 saturated carbocycles. The number of amides is 1. The van der Waals surface area contributed by atoms with Gasteiger partial charge in [-0.25, -0.2) is 0 Å². The number of carbonyl (C=O) groups excluding carboxylic acids is 1. The molecule has 0 saturated heterocycles. The van der Waals surface area contributed by atoms with Crippen LogP contribution in [0.25, 0.3) is 0 Å². The molecule has 0 aliphatic heterocycles. The molecule has 110 valence electrons. The van der Waals surface area contributed by atoms with Crippen molar-refractivity contribution in [3.63, 3.8) is 0 Å². The van der Waals surface area contributed by atoms with Crippen LogP contribution in [-0.4, -0.2) is 23.5 Å². The van der Waals surface area contributed by atoms with Gasteiger partial charge in [-0.05, 0) is 59.7 Å². The van der Waals surface area contributed by atoms with E-state index in [9.17, 15) is 14.7 Å². The number of nitrogens with one attached hydrogen (secondary N) is 1. The Kier molecular flexibility index (Phi) is 4.52. The second kappa shape index (κ2) is 5.99. The summed E-state index contributed by atoms with van der Waals surface area (Å²) >= 11 is 3.13. The maximum absolute atomic E-state index is 11.9. The van der Waals surface area contributed by atoms with Crippen molar-refractivity contribution in [2.45, 2.75) is 32.6 Å². The molecule has 2 N–H and O–H groups in total. The lowest BCUT2D eigenvalue weighted by molar-refractivity contribution is -0.151. The van der Waals surface area contributed by atoms with E-state index in [1.165, 1.54) is 0 Å². The fourth-order valence-corrected chi connectivity index (χ4v) is 2.86. The number of carbonyl (C=O) groups is 2. The zero-order chi connectivity index (χ0) is 14.8.